The molecule has 0 aliphatic rings. The zero-order valence-electron chi connectivity index (χ0n) is 9.30. The van der Waals surface area contributed by atoms with Crippen molar-refractivity contribution in [3.05, 3.63) is 24.8 Å². The van der Waals surface area contributed by atoms with E-state index in [0.717, 1.165) is 31.4 Å². The van der Waals surface area contributed by atoms with Crippen molar-refractivity contribution in [2.75, 3.05) is 13.1 Å². The van der Waals surface area contributed by atoms with Crippen molar-refractivity contribution < 1.29 is 4.79 Å². The fourth-order valence-electron chi connectivity index (χ4n) is 1.06. The van der Waals surface area contributed by atoms with Crippen LogP contribution in [0.25, 0.3) is 0 Å². The van der Waals surface area contributed by atoms with Crippen LogP contribution in [0.15, 0.2) is 29.8 Å². The molecule has 0 unspecified atom stereocenters. The van der Waals surface area contributed by atoms with Crippen LogP contribution in [0.2, 0.25) is 0 Å². The van der Waals surface area contributed by atoms with E-state index in [1.54, 1.807) is 6.08 Å². The normalized spacial score (nSPS) is 9.33. The van der Waals surface area contributed by atoms with Gasteiger partial charge in [-0.3, -0.25) is 4.79 Å². The fraction of sp³-hybridized carbons (Fsp3) is 0.500. The Labute approximate surface area is 92.0 Å². The molecule has 0 atom stereocenters. The summed E-state index contributed by atoms with van der Waals surface area (Å²) in [6, 6.07) is 0. The topological polar surface area (TPSA) is 41.5 Å². The van der Waals surface area contributed by atoms with Crippen molar-refractivity contribution in [1.82, 2.24) is 5.32 Å². The maximum atomic E-state index is 11.3. The summed E-state index contributed by atoms with van der Waals surface area (Å²) in [4.78, 5) is 15.0. The van der Waals surface area contributed by atoms with Gasteiger partial charge in [0.2, 0.25) is 5.91 Å². The number of hydrogen-bond donors (Lipinski definition) is 1. The highest BCUT2D eigenvalue weighted by molar-refractivity contribution is 5.76. The van der Waals surface area contributed by atoms with E-state index >= 15 is 0 Å². The number of aliphatic imine (C=N–C) groups is 1. The van der Waals surface area contributed by atoms with Crippen molar-refractivity contribution in [2.45, 2.75) is 25.7 Å². The van der Waals surface area contributed by atoms with Gasteiger partial charge < -0.3 is 10.3 Å². The SMILES string of the molecule is C=CC(=C)CNC(=O)CCCCCN=C. The van der Waals surface area contributed by atoms with Gasteiger partial charge in [-0.25, -0.2) is 0 Å². The molecule has 0 aliphatic heterocycles. The molecule has 0 aromatic rings. The second kappa shape index (κ2) is 9.19. The van der Waals surface area contributed by atoms with Gasteiger partial charge in [-0.1, -0.05) is 25.7 Å². The summed E-state index contributed by atoms with van der Waals surface area (Å²) in [5, 5.41) is 2.78. The Kier molecular flexibility index (Phi) is 8.34. The molecule has 1 N–H and O–H groups in total. The minimum absolute atomic E-state index is 0.0737. The molecule has 0 spiro atoms. The van der Waals surface area contributed by atoms with Gasteiger partial charge in [0.15, 0.2) is 0 Å². The van der Waals surface area contributed by atoms with Crippen LogP contribution in [-0.2, 0) is 4.79 Å². The Bertz CT molecular complexity index is 234. The lowest BCUT2D eigenvalue weighted by molar-refractivity contribution is -0.121. The second-order valence-corrected chi connectivity index (χ2v) is 3.40. The first-order valence-electron chi connectivity index (χ1n) is 5.20. The van der Waals surface area contributed by atoms with Gasteiger partial charge in [-0.2, -0.15) is 0 Å². The minimum atomic E-state index is 0.0737. The molecule has 0 saturated heterocycles. The summed E-state index contributed by atoms with van der Waals surface area (Å²) in [6.45, 7) is 12.0. The number of carbonyl (C=O) groups excluding carboxylic acids is 1. The molecule has 0 aliphatic carbocycles. The predicted octanol–water partition coefficient (Wildman–Crippen LogP) is 2.11. The first-order chi connectivity index (χ1) is 7.20. The summed E-state index contributed by atoms with van der Waals surface area (Å²) in [5.41, 5.74) is 0.833. The molecule has 0 rings (SSSR count). The van der Waals surface area contributed by atoms with Crippen molar-refractivity contribution in [1.29, 1.82) is 0 Å². The zero-order chi connectivity index (χ0) is 11.5. The Morgan fingerprint density at radius 1 is 1.33 bits per heavy atom. The van der Waals surface area contributed by atoms with Crippen LogP contribution in [0.3, 0.4) is 0 Å². The average Bonchev–Trinajstić information content (AvgIpc) is 2.25. The number of rotatable bonds is 9. The predicted molar refractivity (Wildman–Crippen MR) is 65.2 cm³/mol. The molecule has 0 saturated carbocycles. The van der Waals surface area contributed by atoms with E-state index in [-0.39, 0.29) is 5.91 Å². The Morgan fingerprint density at radius 2 is 2.07 bits per heavy atom. The average molecular weight is 208 g/mol. The van der Waals surface area contributed by atoms with Crippen LogP contribution in [0.4, 0.5) is 0 Å². The largest absolute Gasteiger partial charge is 0.352 e. The molecule has 3 nitrogen and oxygen atoms in total. The van der Waals surface area contributed by atoms with Crippen LogP contribution in [-0.4, -0.2) is 25.7 Å². The number of hydrogen-bond acceptors (Lipinski definition) is 2. The van der Waals surface area contributed by atoms with Gasteiger partial charge in [0.05, 0.1) is 0 Å². The van der Waals surface area contributed by atoms with Crippen molar-refractivity contribution in [2.24, 2.45) is 4.99 Å². The zero-order valence-corrected chi connectivity index (χ0v) is 9.30. The molecule has 0 aromatic heterocycles. The smallest absolute Gasteiger partial charge is 0.220 e. The molecule has 0 bridgehead atoms. The number of unbranched alkanes of at least 4 members (excludes halogenated alkanes) is 2. The van der Waals surface area contributed by atoms with Crippen LogP contribution in [0.1, 0.15) is 25.7 Å². The Morgan fingerprint density at radius 3 is 2.67 bits per heavy atom. The lowest BCUT2D eigenvalue weighted by Crippen LogP contribution is -2.24. The molecule has 0 aromatic carbocycles. The quantitative estimate of drug-likeness (QED) is 0.352. The maximum Gasteiger partial charge on any atom is 0.220 e. The van der Waals surface area contributed by atoms with E-state index in [1.807, 2.05) is 0 Å². The maximum absolute atomic E-state index is 11.3. The molecule has 0 heterocycles. The number of nitrogens with one attached hydrogen (secondary N) is 1. The van der Waals surface area contributed by atoms with Gasteiger partial charge in [0.1, 0.15) is 0 Å². The lowest BCUT2D eigenvalue weighted by atomic mass is 10.2. The third-order valence-corrected chi connectivity index (χ3v) is 2.02. The molecule has 0 fully saturated rings. The molecule has 15 heavy (non-hydrogen) atoms. The monoisotopic (exact) mass is 208 g/mol. The standard InChI is InChI=1S/C12H20N2O/c1-4-11(2)10-14-12(15)8-6-5-7-9-13-3/h4H,1-3,5-10H2,(H,14,15). The number of nitrogens with zero attached hydrogens (tertiary/aromatic N) is 1. The molecule has 1 amide bonds. The van der Waals surface area contributed by atoms with Gasteiger partial charge in [0.25, 0.3) is 0 Å². The molecule has 0 radical (unpaired) electrons. The summed E-state index contributed by atoms with van der Waals surface area (Å²) < 4.78 is 0. The van der Waals surface area contributed by atoms with E-state index in [4.69, 9.17) is 0 Å². The first kappa shape index (κ1) is 13.6. The highest BCUT2D eigenvalue weighted by Crippen LogP contribution is 2.00. The summed E-state index contributed by atoms with van der Waals surface area (Å²) in [6.07, 6.45) is 5.16. The van der Waals surface area contributed by atoms with Crippen LogP contribution in [0.5, 0.6) is 0 Å². The highest BCUT2D eigenvalue weighted by atomic mass is 16.1. The third-order valence-electron chi connectivity index (χ3n) is 2.02. The van der Waals surface area contributed by atoms with Crippen LogP contribution >= 0.6 is 0 Å². The van der Waals surface area contributed by atoms with Gasteiger partial charge >= 0.3 is 0 Å². The molecular weight excluding hydrogens is 188 g/mol. The summed E-state index contributed by atoms with van der Waals surface area (Å²) >= 11 is 0. The summed E-state index contributed by atoms with van der Waals surface area (Å²) in [5.74, 6) is 0.0737. The van der Waals surface area contributed by atoms with Gasteiger partial charge in [-0.05, 0) is 25.1 Å². The fourth-order valence-corrected chi connectivity index (χ4v) is 1.06. The van der Waals surface area contributed by atoms with Crippen molar-refractivity contribution in [3.63, 3.8) is 0 Å². The van der Waals surface area contributed by atoms with Crippen molar-refractivity contribution >= 4 is 12.6 Å². The molecule has 84 valence electrons. The first-order valence-corrected chi connectivity index (χ1v) is 5.20. The lowest BCUT2D eigenvalue weighted by Gasteiger charge is -2.04. The number of carbonyl (C=O) groups is 1. The summed E-state index contributed by atoms with van der Waals surface area (Å²) in [7, 11) is 0. The van der Waals surface area contributed by atoms with Crippen LogP contribution in [0, 0.1) is 0 Å². The highest BCUT2D eigenvalue weighted by Gasteiger charge is 1.99. The van der Waals surface area contributed by atoms with E-state index in [2.05, 4.69) is 30.2 Å². The third kappa shape index (κ3) is 8.94. The Hall–Kier alpha value is -1.38. The van der Waals surface area contributed by atoms with Crippen molar-refractivity contribution in [3.8, 4) is 0 Å². The molecule has 3 heteroatoms. The van der Waals surface area contributed by atoms with E-state index in [1.165, 1.54) is 0 Å². The van der Waals surface area contributed by atoms with E-state index in [9.17, 15) is 4.79 Å². The van der Waals surface area contributed by atoms with Gasteiger partial charge in [0, 0.05) is 19.5 Å². The Balaban J connectivity index is 3.37. The van der Waals surface area contributed by atoms with E-state index < -0.39 is 0 Å². The molecular formula is C12H20N2O. The minimum Gasteiger partial charge on any atom is -0.352 e. The van der Waals surface area contributed by atoms with E-state index in [0.29, 0.717) is 13.0 Å². The van der Waals surface area contributed by atoms with Crippen LogP contribution < -0.4 is 5.32 Å². The second-order valence-electron chi connectivity index (χ2n) is 3.40. The van der Waals surface area contributed by atoms with Gasteiger partial charge in [-0.15, -0.1) is 0 Å². The number of amides is 1.